The van der Waals surface area contributed by atoms with Gasteiger partial charge in [0.25, 0.3) is 5.56 Å². The molecule has 0 N–H and O–H groups in total. The largest absolute Gasteiger partial charge is 0.277 e. The molecule has 3 aromatic heterocycles. The number of aryl methyl sites for hydroxylation is 3. The van der Waals surface area contributed by atoms with E-state index in [4.69, 9.17) is 11.6 Å². The Labute approximate surface area is 223 Å². The third-order valence-corrected chi connectivity index (χ3v) is 8.35. The zero-order chi connectivity index (χ0) is 27.5. The van der Waals surface area contributed by atoms with Gasteiger partial charge < -0.3 is 0 Å². The molecule has 3 heterocycles. The second-order valence-corrected chi connectivity index (χ2v) is 12.1. The number of hydrogen-bond acceptors (Lipinski definition) is 5. The summed E-state index contributed by atoms with van der Waals surface area (Å²) in [6.45, 7) is 5.17. The van der Waals surface area contributed by atoms with Gasteiger partial charge in [-0.25, -0.2) is 17.2 Å². The maximum atomic E-state index is 16.0. The van der Waals surface area contributed by atoms with Crippen LogP contribution in [0.2, 0.25) is 5.02 Å². The summed E-state index contributed by atoms with van der Waals surface area (Å²) < 4.78 is 56.3. The molecule has 0 saturated heterocycles. The summed E-state index contributed by atoms with van der Waals surface area (Å²) in [6.07, 6.45) is 2.97. The van der Waals surface area contributed by atoms with Crippen LogP contribution in [0.3, 0.4) is 0 Å². The molecule has 6 nitrogen and oxygen atoms in total. The van der Waals surface area contributed by atoms with Gasteiger partial charge in [-0.2, -0.15) is 0 Å². The van der Waals surface area contributed by atoms with Crippen LogP contribution in [0.1, 0.15) is 46.5 Å². The Morgan fingerprint density at radius 2 is 1.74 bits per heavy atom. The summed E-state index contributed by atoms with van der Waals surface area (Å²) in [5.41, 5.74) is 1.83. The second kappa shape index (κ2) is 9.39. The van der Waals surface area contributed by atoms with E-state index in [1.54, 1.807) is 19.9 Å². The highest BCUT2D eigenvalue weighted by atomic mass is 35.5. The van der Waals surface area contributed by atoms with Gasteiger partial charge in [-0.1, -0.05) is 23.7 Å². The van der Waals surface area contributed by atoms with Crippen LogP contribution in [-0.2, 0) is 9.84 Å². The van der Waals surface area contributed by atoms with Crippen LogP contribution in [0.4, 0.5) is 8.78 Å². The second-order valence-electron chi connectivity index (χ2n) is 9.69. The summed E-state index contributed by atoms with van der Waals surface area (Å²) in [7, 11) is -3.90. The Bertz CT molecular complexity index is 1790. The molecule has 1 aliphatic rings. The van der Waals surface area contributed by atoms with Crippen LogP contribution in [-0.4, -0.2) is 29.2 Å². The number of hydrogen-bond donors (Lipinski definition) is 0. The monoisotopic (exact) mass is 555 g/mol. The minimum absolute atomic E-state index is 0.0156. The third-order valence-electron chi connectivity index (χ3n) is 6.86. The van der Waals surface area contributed by atoms with Gasteiger partial charge in [0.15, 0.2) is 21.5 Å². The predicted octanol–water partition coefficient (Wildman–Crippen LogP) is 5.83. The third kappa shape index (κ3) is 4.43. The first kappa shape index (κ1) is 26.2. The lowest BCUT2D eigenvalue weighted by Crippen LogP contribution is -2.24. The molecular weight excluding hydrogens is 532 g/mol. The quantitative estimate of drug-likeness (QED) is 0.310. The molecule has 38 heavy (non-hydrogen) atoms. The minimum atomic E-state index is -3.90. The Kier molecular flexibility index (Phi) is 6.47. The van der Waals surface area contributed by atoms with E-state index in [9.17, 15) is 13.2 Å². The first-order valence-electron chi connectivity index (χ1n) is 11.9. The van der Waals surface area contributed by atoms with Crippen molar-refractivity contribution >= 4 is 21.4 Å². The smallest absolute Gasteiger partial charge is 0.274 e. The summed E-state index contributed by atoms with van der Waals surface area (Å²) in [4.78, 5) is 21.6. The molecular formula is C28H24ClF2N3O3S. The van der Waals surface area contributed by atoms with E-state index in [-0.39, 0.29) is 28.1 Å². The number of rotatable bonds is 5. The van der Waals surface area contributed by atoms with E-state index >= 15 is 8.78 Å². The molecule has 1 saturated carbocycles. The zero-order valence-electron chi connectivity index (χ0n) is 21.1. The zero-order valence-corrected chi connectivity index (χ0v) is 22.7. The molecule has 0 aliphatic heterocycles. The molecule has 10 heteroatoms. The fourth-order valence-electron chi connectivity index (χ4n) is 4.93. The van der Waals surface area contributed by atoms with Crippen molar-refractivity contribution in [3.8, 4) is 16.9 Å². The molecule has 1 fully saturated rings. The normalized spacial score (nSPS) is 17.0. The Balaban J connectivity index is 1.62. The number of benzene rings is 1. The maximum Gasteiger partial charge on any atom is 0.274 e. The number of nitrogens with zero attached hydrogens (tertiary/aromatic N) is 3. The lowest BCUT2D eigenvalue weighted by Gasteiger charge is -2.18. The van der Waals surface area contributed by atoms with Crippen molar-refractivity contribution in [2.24, 2.45) is 0 Å². The predicted molar refractivity (Wildman–Crippen MR) is 142 cm³/mol. The van der Waals surface area contributed by atoms with Crippen molar-refractivity contribution < 1.29 is 17.2 Å². The number of sulfone groups is 1. The van der Waals surface area contributed by atoms with E-state index in [0.717, 1.165) is 34.7 Å². The first-order valence-corrected chi connectivity index (χ1v) is 14.2. The highest BCUT2D eigenvalue weighted by molar-refractivity contribution is 7.90. The Morgan fingerprint density at radius 1 is 1.03 bits per heavy atom. The van der Waals surface area contributed by atoms with E-state index < -0.39 is 37.6 Å². The molecule has 1 aromatic carbocycles. The van der Waals surface area contributed by atoms with Gasteiger partial charge in [0.2, 0.25) is 0 Å². The maximum absolute atomic E-state index is 16.0. The molecule has 4 aromatic rings. The average molecular weight is 556 g/mol. The Morgan fingerprint density at radius 3 is 2.42 bits per heavy atom. The highest BCUT2D eigenvalue weighted by Crippen LogP contribution is 2.55. The molecule has 2 atom stereocenters. The van der Waals surface area contributed by atoms with Crippen molar-refractivity contribution in [3.05, 3.63) is 104 Å². The summed E-state index contributed by atoms with van der Waals surface area (Å²) in [6, 6.07) is 11.2. The minimum Gasteiger partial charge on any atom is -0.277 e. The van der Waals surface area contributed by atoms with Gasteiger partial charge in [-0.05, 0) is 74.6 Å². The van der Waals surface area contributed by atoms with Crippen LogP contribution < -0.4 is 5.56 Å². The molecule has 1 aliphatic carbocycles. The summed E-state index contributed by atoms with van der Waals surface area (Å²) >= 11 is 6.58. The van der Waals surface area contributed by atoms with Crippen molar-refractivity contribution in [2.45, 2.75) is 43.9 Å². The van der Waals surface area contributed by atoms with Crippen LogP contribution in [0, 0.1) is 32.4 Å². The average Bonchev–Trinajstić information content (AvgIpc) is 3.64. The van der Waals surface area contributed by atoms with Gasteiger partial charge in [0.05, 0.1) is 5.69 Å². The fraction of sp³-hybridized carbons (Fsp3) is 0.250. The molecule has 0 unspecified atom stereocenters. The van der Waals surface area contributed by atoms with Gasteiger partial charge in [0.1, 0.15) is 15.6 Å². The Hall–Kier alpha value is -3.43. The van der Waals surface area contributed by atoms with Gasteiger partial charge in [0, 0.05) is 41.0 Å². The molecule has 5 rings (SSSR count). The number of halogens is 3. The lowest BCUT2D eigenvalue weighted by atomic mass is 10.1. The van der Waals surface area contributed by atoms with Gasteiger partial charge in [-0.3, -0.25) is 19.3 Å². The van der Waals surface area contributed by atoms with Crippen LogP contribution in [0.25, 0.3) is 16.9 Å². The van der Waals surface area contributed by atoms with Crippen molar-refractivity contribution in [1.29, 1.82) is 0 Å². The number of pyridine rings is 3. The highest BCUT2D eigenvalue weighted by Gasteiger charge is 2.42. The summed E-state index contributed by atoms with van der Waals surface area (Å²) in [5, 5.41) is -0.0156. The van der Waals surface area contributed by atoms with Crippen molar-refractivity contribution in [1.82, 2.24) is 14.5 Å². The van der Waals surface area contributed by atoms with Crippen LogP contribution in [0.5, 0.6) is 0 Å². The van der Waals surface area contributed by atoms with E-state index in [1.165, 1.54) is 18.3 Å². The molecule has 0 bridgehead atoms. The first-order chi connectivity index (χ1) is 17.9. The van der Waals surface area contributed by atoms with Crippen LogP contribution in [0.15, 0.2) is 58.4 Å². The van der Waals surface area contributed by atoms with E-state index in [1.807, 2.05) is 25.1 Å². The molecule has 0 spiro atoms. The lowest BCUT2D eigenvalue weighted by molar-refractivity contribution is 0.569. The van der Waals surface area contributed by atoms with Crippen molar-refractivity contribution in [3.63, 3.8) is 0 Å². The molecule has 0 radical (unpaired) electrons. The molecule has 0 amide bonds. The fourth-order valence-corrected chi connectivity index (χ4v) is 5.97. The summed E-state index contributed by atoms with van der Waals surface area (Å²) in [5.74, 6) is -1.92. The molecule has 196 valence electrons. The van der Waals surface area contributed by atoms with Gasteiger partial charge in [-0.15, -0.1) is 0 Å². The number of aromatic nitrogens is 3. The topological polar surface area (TPSA) is 81.9 Å². The van der Waals surface area contributed by atoms with E-state index in [2.05, 4.69) is 9.97 Å². The van der Waals surface area contributed by atoms with Crippen LogP contribution >= 0.6 is 11.6 Å². The SMILES string of the molecule is Cc1cccc([C@H]2C[C@@H]2c2cc(C)n(-c3c(C)cnc(-c4cccc(S(C)(=O)=O)c4F)c3F)c(=O)c2Cl)n1. The standard InChI is InChI=1S/C28H24ClF2N3O3S/c1-14-13-32-26(17-8-6-10-22(24(17)30)38(4,36)37)25(31)27(14)34-16(3)11-20(23(29)28(34)35)18-12-19(18)21-9-5-7-15(2)33-21/h5-11,13,18-19H,12H2,1-4H3/t18-,19-/m0/s1. The van der Waals surface area contributed by atoms with Crippen molar-refractivity contribution in [2.75, 3.05) is 6.26 Å². The van der Waals surface area contributed by atoms with E-state index in [0.29, 0.717) is 16.8 Å². The van der Waals surface area contributed by atoms with Gasteiger partial charge >= 0.3 is 0 Å².